The lowest BCUT2D eigenvalue weighted by Gasteiger charge is -2.34. The molecule has 0 spiro atoms. The van der Waals surface area contributed by atoms with Crippen LogP contribution in [0.25, 0.3) is 10.8 Å². The number of aryl methyl sites for hydroxylation is 2. The Balaban J connectivity index is 1.24. The number of benzene rings is 2. The van der Waals surface area contributed by atoms with Gasteiger partial charge in [-0.1, -0.05) is 42.5 Å². The van der Waals surface area contributed by atoms with Crippen molar-refractivity contribution in [1.29, 1.82) is 0 Å². The Morgan fingerprint density at radius 1 is 0.929 bits per heavy atom. The minimum Gasteiger partial charge on any atom is -0.342 e. The molecule has 3 aromatic rings. The normalized spacial score (nSPS) is 20.7. The molecule has 3 heterocycles. The Hall–Kier alpha value is -2.69. The molecule has 144 valence electrons. The van der Waals surface area contributed by atoms with Crippen molar-refractivity contribution < 1.29 is 4.79 Å². The zero-order valence-corrected chi connectivity index (χ0v) is 16.1. The summed E-state index contributed by atoms with van der Waals surface area (Å²) < 4.78 is 2.10. The predicted octanol–water partition coefficient (Wildman–Crippen LogP) is 3.79. The van der Waals surface area contributed by atoms with Crippen LogP contribution < -0.4 is 0 Å². The van der Waals surface area contributed by atoms with Gasteiger partial charge < -0.3 is 9.47 Å². The minimum atomic E-state index is 0.121. The summed E-state index contributed by atoms with van der Waals surface area (Å²) in [6.07, 6.45) is 6.53. The van der Waals surface area contributed by atoms with Gasteiger partial charge in [0.05, 0.1) is 0 Å². The number of carbonyl (C=O) groups excluding carboxylic acids is 1. The second-order valence-electron chi connectivity index (χ2n) is 8.13. The number of nitrogens with zero attached hydrogens (tertiary/aromatic N) is 4. The van der Waals surface area contributed by atoms with Crippen LogP contribution in [0.4, 0.5) is 0 Å². The van der Waals surface area contributed by atoms with Gasteiger partial charge in [0.15, 0.2) is 0 Å². The Morgan fingerprint density at radius 2 is 1.75 bits per heavy atom. The van der Waals surface area contributed by atoms with E-state index in [1.165, 1.54) is 16.3 Å². The number of amides is 1. The smallest absolute Gasteiger partial charge is 0.225 e. The summed E-state index contributed by atoms with van der Waals surface area (Å²) in [4.78, 5) is 15.2. The molecule has 1 fully saturated rings. The summed E-state index contributed by atoms with van der Waals surface area (Å²) in [5, 5.41) is 10.8. The van der Waals surface area contributed by atoms with E-state index >= 15 is 0 Å². The van der Waals surface area contributed by atoms with Crippen molar-refractivity contribution in [2.24, 2.45) is 5.92 Å². The van der Waals surface area contributed by atoms with Crippen LogP contribution in [-0.2, 0) is 17.8 Å². The number of piperidine rings is 1. The highest BCUT2D eigenvalue weighted by Crippen LogP contribution is 2.34. The molecule has 2 aliphatic heterocycles. The number of rotatable bonds is 2. The lowest BCUT2D eigenvalue weighted by molar-refractivity contribution is -0.137. The van der Waals surface area contributed by atoms with Gasteiger partial charge in [-0.3, -0.25) is 4.79 Å². The summed E-state index contributed by atoms with van der Waals surface area (Å²) in [7, 11) is 0. The fraction of sp³-hybridized carbons (Fsp3) is 0.435. The number of likely N-dealkylation sites (tertiary alicyclic amines) is 1. The molecule has 2 aromatic carbocycles. The van der Waals surface area contributed by atoms with Gasteiger partial charge in [-0.25, -0.2) is 0 Å². The fourth-order valence-corrected chi connectivity index (χ4v) is 4.92. The van der Waals surface area contributed by atoms with Crippen LogP contribution in [0.2, 0.25) is 0 Å². The summed E-state index contributed by atoms with van der Waals surface area (Å²) in [6, 6.07) is 15.3. The summed E-state index contributed by atoms with van der Waals surface area (Å²) in [5.41, 5.74) is 1.44. The van der Waals surface area contributed by atoms with Crippen LogP contribution in [0.3, 0.4) is 0 Å². The van der Waals surface area contributed by atoms with Gasteiger partial charge >= 0.3 is 0 Å². The van der Waals surface area contributed by atoms with E-state index in [1.54, 1.807) is 6.33 Å². The maximum Gasteiger partial charge on any atom is 0.225 e. The standard InChI is InChI=1S/C23H26N4O/c28-23(19-8-9-22-25-24-16-27(22)15-12-19)26-13-10-18(11-14-26)21-7-3-5-17-4-1-2-6-20(17)21/h1-7,16,18-19H,8-15H2. The lowest BCUT2D eigenvalue weighted by Crippen LogP contribution is -2.41. The number of hydrogen-bond acceptors (Lipinski definition) is 3. The second kappa shape index (κ2) is 7.38. The van der Waals surface area contributed by atoms with Crippen molar-refractivity contribution in [3.63, 3.8) is 0 Å². The van der Waals surface area contributed by atoms with Crippen molar-refractivity contribution >= 4 is 16.7 Å². The average Bonchev–Trinajstić information content (AvgIpc) is 3.11. The highest BCUT2D eigenvalue weighted by molar-refractivity contribution is 5.86. The van der Waals surface area contributed by atoms with Crippen molar-refractivity contribution in [2.45, 2.75) is 44.6 Å². The predicted molar refractivity (Wildman–Crippen MR) is 109 cm³/mol. The van der Waals surface area contributed by atoms with Gasteiger partial charge in [-0.15, -0.1) is 10.2 Å². The molecule has 28 heavy (non-hydrogen) atoms. The largest absolute Gasteiger partial charge is 0.342 e. The Labute approximate surface area is 165 Å². The van der Waals surface area contributed by atoms with E-state index in [1.807, 2.05) is 0 Å². The SMILES string of the molecule is O=C(C1CCc2nncn2CC1)N1CCC(c2cccc3ccccc23)CC1. The first kappa shape index (κ1) is 17.4. The molecule has 1 saturated heterocycles. The van der Waals surface area contributed by atoms with Gasteiger partial charge in [0.25, 0.3) is 0 Å². The second-order valence-corrected chi connectivity index (χ2v) is 8.13. The molecular weight excluding hydrogens is 348 g/mol. The molecule has 1 atom stereocenters. The van der Waals surface area contributed by atoms with Gasteiger partial charge in [-0.2, -0.15) is 0 Å². The number of carbonyl (C=O) groups is 1. The molecule has 0 saturated carbocycles. The molecule has 0 bridgehead atoms. The fourth-order valence-electron chi connectivity index (χ4n) is 4.92. The highest BCUT2D eigenvalue weighted by Gasteiger charge is 2.30. The molecule has 5 nitrogen and oxygen atoms in total. The van der Waals surface area contributed by atoms with Gasteiger partial charge in [-0.05, 0) is 47.9 Å². The van der Waals surface area contributed by atoms with Crippen molar-refractivity contribution in [3.05, 3.63) is 60.2 Å². The van der Waals surface area contributed by atoms with Crippen LogP contribution in [-0.4, -0.2) is 38.7 Å². The number of aromatic nitrogens is 3. The topological polar surface area (TPSA) is 51.0 Å². The zero-order chi connectivity index (χ0) is 18.9. The molecule has 2 aliphatic rings. The zero-order valence-electron chi connectivity index (χ0n) is 16.1. The van der Waals surface area contributed by atoms with Crippen LogP contribution in [0, 0.1) is 5.92 Å². The van der Waals surface area contributed by atoms with E-state index in [4.69, 9.17) is 0 Å². The van der Waals surface area contributed by atoms with Crippen molar-refractivity contribution in [3.8, 4) is 0 Å². The Kier molecular flexibility index (Phi) is 4.59. The molecule has 0 aliphatic carbocycles. The van der Waals surface area contributed by atoms with E-state index in [0.717, 1.165) is 57.6 Å². The molecular formula is C23H26N4O. The minimum absolute atomic E-state index is 0.121. The van der Waals surface area contributed by atoms with E-state index < -0.39 is 0 Å². The quantitative estimate of drug-likeness (QED) is 0.686. The maximum absolute atomic E-state index is 13.1. The summed E-state index contributed by atoms with van der Waals surface area (Å²) in [6.45, 7) is 2.59. The molecule has 1 unspecified atom stereocenters. The average molecular weight is 374 g/mol. The molecule has 0 radical (unpaired) electrons. The van der Waals surface area contributed by atoms with Gasteiger partial charge in [0, 0.05) is 32.0 Å². The van der Waals surface area contributed by atoms with Crippen LogP contribution >= 0.6 is 0 Å². The van der Waals surface area contributed by atoms with E-state index in [2.05, 4.69) is 62.1 Å². The first-order valence-electron chi connectivity index (χ1n) is 10.4. The lowest BCUT2D eigenvalue weighted by atomic mass is 9.85. The van der Waals surface area contributed by atoms with Crippen LogP contribution in [0.1, 0.15) is 43.0 Å². The third-order valence-corrected chi connectivity index (χ3v) is 6.55. The third kappa shape index (κ3) is 3.19. The third-order valence-electron chi connectivity index (χ3n) is 6.55. The molecule has 0 N–H and O–H groups in total. The Morgan fingerprint density at radius 3 is 2.64 bits per heavy atom. The Bertz CT molecular complexity index is 959. The van der Waals surface area contributed by atoms with Gasteiger partial charge in [0.1, 0.15) is 12.2 Å². The van der Waals surface area contributed by atoms with E-state index in [9.17, 15) is 4.79 Å². The highest BCUT2D eigenvalue weighted by atomic mass is 16.2. The molecule has 1 amide bonds. The molecule has 5 heteroatoms. The first-order valence-corrected chi connectivity index (χ1v) is 10.4. The maximum atomic E-state index is 13.1. The van der Waals surface area contributed by atoms with E-state index in [-0.39, 0.29) is 5.92 Å². The molecule has 1 aromatic heterocycles. The van der Waals surface area contributed by atoms with Crippen LogP contribution in [0.5, 0.6) is 0 Å². The number of hydrogen-bond donors (Lipinski definition) is 0. The van der Waals surface area contributed by atoms with Gasteiger partial charge in [0.2, 0.25) is 5.91 Å². The first-order chi connectivity index (χ1) is 13.8. The van der Waals surface area contributed by atoms with Crippen molar-refractivity contribution in [2.75, 3.05) is 13.1 Å². The van der Waals surface area contributed by atoms with E-state index in [0.29, 0.717) is 11.8 Å². The summed E-state index contributed by atoms with van der Waals surface area (Å²) >= 11 is 0. The monoisotopic (exact) mass is 374 g/mol. The van der Waals surface area contributed by atoms with Crippen molar-refractivity contribution in [1.82, 2.24) is 19.7 Å². The molecule has 5 rings (SSSR count). The summed E-state index contributed by atoms with van der Waals surface area (Å²) in [5.74, 6) is 2.02. The van der Waals surface area contributed by atoms with Crippen LogP contribution in [0.15, 0.2) is 48.8 Å². The number of fused-ring (bicyclic) bond motifs is 2.